The highest BCUT2D eigenvalue weighted by Crippen LogP contribution is 2.46. The summed E-state index contributed by atoms with van der Waals surface area (Å²) < 4.78 is 4.85. The third-order valence-electron chi connectivity index (χ3n) is 5.43. The van der Waals surface area contributed by atoms with Gasteiger partial charge in [-0.15, -0.1) is 0 Å². The lowest BCUT2D eigenvalue weighted by Crippen LogP contribution is -2.24. The van der Waals surface area contributed by atoms with Gasteiger partial charge in [0.25, 0.3) is 0 Å². The Kier molecular flexibility index (Phi) is 5.55. The maximum absolute atomic E-state index is 12.6. The molecule has 3 nitrogen and oxygen atoms in total. The molecule has 1 aliphatic carbocycles. The first-order valence-electron chi connectivity index (χ1n) is 9.30. The second-order valence-electron chi connectivity index (χ2n) is 7.38. The second kappa shape index (κ2) is 7.86. The SMILES string of the molecule is COC(=O)C(CC(=O)CCC1c2ccccc2-c2ccccc21)C(C)C. The number of hydrogen-bond acceptors (Lipinski definition) is 3. The molecule has 1 atom stereocenters. The number of rotatable bonds is 7. The standard InChI is InChI=1S/C23H26O3/c1-15(2)22(23(25)26-3)14-16(24)12-13-21-19-10-6-4-8-17(19)18-9-5-7-11-20(18)21/h4-11,15,21-22H,12-14H2,1-3H3. The summed E-state index contributed by atoms with van der Waals surface area (Å²) in [6, 6.07) is 16.9. The van der Waals surface area contributed by atoms with Gasteiger partial charge in [0.2, 0.25) is 0 Å². The number of esters is 1. The first-order valence-corrected chi connectivity index (χ1v) is 9.30. The van der Waals surface area contributed by atoms with Crippen molar-refractivity contribution in [2.24, 2.45) is 11.8 Å². The van der Waals surface area contributed by atoms with Crippen molar-refractivity contribution in [1.82, 2.24) is 0 Å². The fourth-order valence-corrected chi connectivity index (χ4v) is 3.97. The van der Waals surface area contributed by atoms with Gasteiger partial charge in [-0.05, 0) is 34.6 Å². The average Bonchev–Trinajstić information content (AvgIpc) is 2.97. The predicted octanol–water partition coefficient (Wildman–Crippen LogP) is 4.98. The molecule has 0 N–H and O–H groups in total. The van der Waals surface area contributed by atoms with Crippen LogP contribution in [0.15, 0.2) is 48.5 Å². The van der Waals surface area contributed by atoms with Crippen molar-refractivity contribution in [2.45, 2.75) is 39.0 Å². The molecule has 0 spiro atoms. The Morgan fingerprint density at radius 2 is 1.50 bits per heavy atom. The molecule has 0 aromatic heterocycles. The largest absolute Gasteiger partial charge is 0.469 e. The summed E-state index contributed by atoms with van der Waals surface area (Å²) in [4.78, 5) is 24.5. The first-order chi connectivity index (χ1) is 12.5. The molecule has 0 aliphatic heterocycles. The summed E-state index contributed by atoms with van der Waals surface area (Å²) in [7, 11) is 1.38. The van der Waals surface area contributed by atoms with Gasteiger partial charge in [-0.2, -0.15) is 0 Å². The van der Waals surface area contributed by atoms with Crippen LogP contribution < -0.4 is 0 Å². The van der Waals surface area contributed by atoms with E-state index >= 15 is 0 Å². The van der Waals surface area contributed by atoms with E-state index in [1.54, 1.807) is 0 Å². The van der Waals surface area contributed by atoms with Crippen LogP contribution in [-0.4, -0.2) is 18.9 Å². The molecule has 0 saturated carbocycles. The monoisotopic (exact) mass is 350 g/mol. The van der Waals surface area contributed by atoms with Crippen molar-refractivity contribution in [3.05, 3.63) is 59.7 Å². The van der Waals surface area contributed by atoms with Crippen LogP contribution in [0.4, 0.5) is 0 Å². The maximum atomic E-state index is 12.6. The van der Waals surface area contributed by atoms with Crippen molar-refractivity contribution in [3.63, 3.8) is 0 Å². The van der Waals surface area contributed by atoms with Crippen LogP contribution in [0.25, 0.3) is 11.1 Å². The average molecular weight is 350 g/mol. The normalized spacial score (nSPS) is 14.0. The number of benzene rings is 2. The highest BCUT2D eigenvalue weighted by atomic mass is 16.5. The third-order valence-corrected chi connectivity index (χ3v) is 5.43. The van der Waals surface area contributed by atoms with E-state index in [2.05, 4.69) is 48.5 Å². The van der Waals surface area contributed by atoms with Gasteiger partial charge in [0.05, 0.1) is 13.0 Å². The molecule has 0 radical (unpaired) electrons. The van der Waals surface area contributed by atoms with Crippen molar-refractivity contribution in [1.29, 1.82) is 0 Å². The quantitative estimate of drug-likeness (QED) is 0.661. The number of methoxy groups -OCH3 is 1. The summed E-state index contributed by atoms with van der Waals surface area (Å²) in [5.74, 6) is -0.155. The minimum atomic E-state index is -0.351. The Labute approximate surface area is 155 Å². The van der Waals surface area contributed by atoms with Gasteiger partial charge in [-0.1, -0.05) is 62.4 Å². The maximum Gasteiger partial charge on any atom is 0.309 e. The second-order valence-corrected chi connectivity index (χ2v) is 7.38. The lowest BCUT2D eigenvalue weighted by atomic mass is 9.87. The van der Waals surface area contributed by atoms with E-state index < -0.39 is 0 Å². The van der Waals surface area contributed by atoms with Crippen LogP contribution in [-0.2, 0) is 14.3 Å². The Morgan fingerprint density at radius 1 is 0.962 bits per heavy atom. The van der Waals surface area contributed by atoms with Crippen LogP contribution >= 0.6 is 0 Å². The van der Waals surface area contributed by atoms with Gasteiger partial charge in [0.15, 0.2) is 0 Å². The molecule has 3 heteroatoms. The van der Waals surface area contributed by atoms with E-state index in [0.29, 0.717) is 6.42 Å². The number of hydrogen-bond donors (Lipinski definition) is 0. The molecule has 1 unspecified atom stereocenters. The minimum absolute atomic E-state index is 0.0966. The molecule has 0 heterocycles. The zero-order chi connectivity index (χ0) is 18.7. The Balaban J connectivity index is 1.72. The topological polar surface area (TPSA) is 43.4 Å². The number of ketones is 1. The highest BCUT2D eigenvalue weighted by molar-refractivity contribution is 5.85. The van der Waals surface area contributed by atoms with Crippen molar-refractivity contribution in [3.8, 4) is 11.1 Å². The molecule has 0 fully saturated rings. The summed E-state index contributed by atoms with van der Waals surface area (Å²) in [6.07, 6.45) is 1.52. The predicted molar refractivity (Wildman–Crippen MR) is 103 cm³/mol. The van der Waals surface area contributed by atoms with Crippen molar-refractivity contribution >= 4 is 11.8 Å². The fraction of sp³-hybridized carbons (Fsp3) is 0.391. The van der Waals surface area contributed by atoms with Crippen molar-refractivity contribution in [2.75, 3.05) is 7.11 Å². The van der Waals surface area contributed by atoms with Crippen molar-refractivity contribution < 1.29 is 14.3 Å². The summed E-state index contributed by atoms with van der Waals surface area (Å²) in [5, 5.41) is 0. The van der Waals surface area contributed by atoms with Crippen LogP contribution in [0.5, 0.6) is 0 Å². The zero-order valence-electron chi connectivity index (χ0n) is 15.7. The first kappa shape index (κ1) is 18.4. The fourth-order valence-electron chi connectivity index (χ4n) is 3.97. The van der Waals surface area contributed by atoms with Crippen LogP contribution in [0.3, 0.4) is 0 Å². The molecule has 3 rings (SSSR count). The smallest absolute Gasteiger partial charge is 0.309 e. The molecule has 26 heavy (non-hydrogen) atoms. The molecule has 2 aromatic rings. The Morgan fingerprint density at radius 3 is 2.00 bits per heavy atom. The minimum Gasteiger partial charge on any atom is -0.469 e. The van der Waals surface area contributed by atoms with Gasteiger partial charge in [0.1, 0.15) is 5.78 Å². The van der Waals surface area contributed by atoms with Gasteiger partial charge >= 0.3 is 5.97 Å². The molecule has 0 saturated heterocycles. The van der Waals surface area contributed by atoms with Gasteiger partial charge in [-0.25, -0.2) is 0 Å². The van der Waals surface area contributed by atoms with E-state index in [1.807, 2.05) is 13.8 Å². The number of carbonyl (C=O) groups excluding carboxylic acids is 2. The molecular weight excluding hydrogens is 324 g/mol. The number of ether oxygens (including phenoxy) is 1. The van der Waals surface area contributed by atoms with E-state index in [4.69, 9.17) is 4.74 Å². The van der Waals surface area contributed by atoms with Gasteiger partial charge in [-0.3, -0.25) is 9.59 Å². The van der Waals surface area contributed by atoms with Crippen LogP contribution in [0, 0.1) is 11.8 Å². The van der Waals surface area contributed by atoms with Crippen LogP contribution in [0.2, 0.25) is 0 Å². The molecule has 1 aliphatic rings. The highest BCUT2D eigenvalue weighted by Gasteiger charge is 2.30. The number of carbonyl (C=O) groups is 2. The molecule has 136 valence electrons. The van der Waals surface area contributed by atoms with E-state index in [1.165, 1.54) is 29.4 Å². The van der Waals surface area contributed by atoms with Gasteiger partial charge < -0.3 is 4.74 Å². The molecule has 2 aromatic carbocycles. The van der Waals surface area contributed by atoms with E-state index in [9.17, 15) is 9.59 Å². The molecule has 0 amide bonds. The number of Topliss-reactive ketones (excluding diaryl/α,β-unsaturated/α-hetero) is 1. The Hall–Kier alpha value is -2.42. The van der Waals surface area contributed by atoms with Gasteiger partial charge in [0, 0.05) is 18.8 Å². The third kappa shape index (κ3) is 3.57. The Bertz CT molecular complexity index is 761. The lowest BCUT2D eigenvalue weighted by molar-refractivity contribution is -0.148. The van der Waals surface area contributed by atoms with E-state index in [0.717, 1.165) is 6.42 Å². The summed E-state index contributed by atoms with van der Waals surface area (Å²) in [5.41, 5.74) is 5.15. The number of fused-ring (bicyclic) bond motifs is 3. The van der Waals surface area contributed by atoms with E-state index in [-0.39, 0.29) is 35.9 Å². The molecular formula is C23H26O3. The summed E-state index contributed by atoms with van der Waals surface area (Å²) in [6.45, 7) is 3.91. The summed E-state index contributed by atoms with van der Waals surface area (Å²) >= 11 is 0. The zero-order valence-corrected chi connectivity index (χ0v) is 15.7. The molecule has 0 bridgehead atoms. The lowest BCUT2D eigenvalue weighted by Gasteiger charge is -2.18. The van der Waals surface area contributed by atoms with Crippen LogP contribution in [0.1, 0.15) is 50.2 Å².